The third-order valence-electron chi connectivity index (χ3n) is 3.97. The largest absolute Gasteiger partial charge is 0.360 e. The first-order chi connectivity index (χ1) is 12.4. The molecule has 2 aromatic rings. The number of amides is 2. The standard InChI is InChI=1S/C16H17Cl2N5O3/c1-10-6-13(21-26-10)20-14(24)9-22-2-4-23(5-3-22)16(25)11-7-12(17)15(18)19-8-11/h6-8H,2-5,9H2,1H3,(H,20,21,24). The minimum atomic E-state index is -0.174. The molecular formula is C16H17Cl2N5O3. The van der Waals surface area contributed by atoms with E-state index in [2.05, 4.69) is 15.5 Å². The quantitative estimate of drug-likeness (QED) is 0.793. The Morgan fingerprint density at radius 2 is 1.96 bits per heavy atom. The van der Waals surface area contributed by atoms with Crippen LogP contribution in [0.3, 0.4) is 0 Å². The molecule has 0 bridgehead atoms. The number of piperazine rings is 1. The van der Waals surface area contributed by atoms with Gasteiger partial charge in [-0.3, -0.25) is 14.5 Å². The highest BCUT2D eigenvalue weighted by Gasteiger charge is 2.24. The van der Waals surface area contributed by atoms with Crippen LogP contribution in [0.25, 0.3) is 0 Å². The summed E-state index contributed by atoms with van der Waals surface area (Å²) in [4.78, 5) is 32.1. The molecule has 10 heteroatoms. The Balaban J connectivity index is 1.49. The van der Waals surface area contributed by atoms with Gasteiger partial charge in [-0.15, -0.1) is 0 Å². The predicted molar refractivity (Wildman–Crippen MR) is 96.5 cm³/mol. The van der Waals surface area contributed by atoms with Crippen molar-refractivity contribution in [3.8, 4) is 0 Å². The molecule has 138 valence electrons. The van der Waals surface area contributed by atoms with Gasteiger partial charge in [0.05, 0.1) is 17.1 Å². The molecule has 2 aromatic heterocycles. The number of hydrogen-bond acceptors (Lipinski definition) is 6. The van der Waals surface area contributed by atoms with E-state index >= 15 is 0 Å². The van der Waals surface area contributed by atoms with Gasteiger partial charge in [0.2, 0.25) is 5.91 Å². The summed E-state index contributed by atoms with van der Waals surface area (Å²) in [6, 6.07) is 3.17. The maximum absolute atomic E-state index is 12.5. The first-order valence-corrected chi connectivity index (χ1v) is 8.74. The SMILES string of the molecule is Cc1cc(NC(=O)CN2CCN(C(=O)c3cnc(Cl)c(Cl)c3)CC2)no1. The molecule has 1 N–H and O–H groups in total. The van der Waals surface area contributed by atoms with Gasteiger partial charge in [-0.1, -0.05) is 28.4 Å². The lowest BCUT2D eigenvalue weighted by Gasteiger charge is -2.34. The number of aryl methyl sites for hydroxylation is 1. The maximum Gasteiger partial charge on any atom is 0.255 e. The maximum atomic E-state index is 12.5. The zero-order valence-corrected chi connectivity index (χ0v) is 15.5. The number of pyridine rings is 1. The van der Waals surface area contributed by atoms with Crippen LogP contribution in [-0.4, -0.2) is 64.5 Å². The summed E-state index contributed by atoms with van der Waals surface area (Å²) in [5.74, 6) is 0.697. The van der Waals surface area contributed by atoms with Gasteiger partial charge in [0.25, 0.3) is 5.91 Å². The smallest absolute Gasteiger partial charge is 0.255 e. The topological polar surface area (TPSA) is 91.6 Å². The number of halogens is 2. The molecule has 1 fully saturated rings. The number of carbonyl (C=O) groups is 2. The number of hydrogen-bond donors (Lipinski definition) is 1. The van der Waals surface area contributed by atoms with Crippen molar-refractivity contribution in [2.45, 2.75) is 6.92 Å². The van der Waals surface area contributed by atoms with Crippen LogP contribution in [0.2, 0.25) is 10.2 Å². The van der Waals surface area contributed by atoms with E-state index in [9.17, 15) is 9.59 Å². The van der Waals surface area contributed by atoms with E-state index in [0.29, 0.717) is 43.3 Å². The summed E-state index contributed by atoms with van der Waals surface area (Å²) in [6.45, 7) is 4.17. The molecule has 2 amide bonds. The molecule has 0 radical (unpaired) electrons. The van der Waals surface area contributed by atoms with Crippen LogP contribution in [0, 0.1) is 6.92 Å². The van der Waals surface area contributed by atoms with Gasteiger partial charge in [0.15, 0.2) is 5.82 Å². The molecule has 26 heavy (non-hydrogen) atoms. The fourth-order valence-corrected chi connectivity index (χ4v) is 2.91. The monoisotopic (exact) mass is 397 g/mol. The first-order valence-electron chi connectivity index (χ1n) is 7.98. The molecule has 3 rings (SSSR count). The minimum Gasteiger partial charge on any atom is -0.360 e. The van der Waals surface area contributed by atoms with Crippen molar-refractivity contribution in [1.82, 2.24) is 19.9 Å². The van der Waals surface area contributed by atoms with Gasteiger partial charge in [-0.05, 0) is 13.0 Å². The van der Waals surface area contributed by atoms with Gasteiger partial charge in [-0.25, -0.2) is 4.98 Å². The highest BCUT2D eigenvalue weighted by molar-refractivity contribution is 6.41. The molecule has 0 aliphatic carbocycles. The van der Waals surface area contributed by atoms with Crippen molar-refractivity contribution in [3.05, 3.63) is 39.8 Å². The molecule has 0 aromatic carbocycles. The predicted octanol–water partition coefficient (Wildman–Crippen LogP) is 2.08. The normalized spacial score (nSPS) is 15.1. The second-order valence-corrected chi connectivity index (χ2v) is 6.70. The van der Waals surface area contributed by atoms with Crippen molar-refractivity contribution in [2.75, 3.05) is 38.0 Å². The van der Waals surface area contributed by atoms with Crippen LogP contribution in [0.4, 0.5) is 5.82 Å². The molecule has 1 aliphatic rings. The molecular weight excluding hydrogens is 381 g/mol. The average Bonchev–Trinajstić information content (AvgIpc) is 3.02. The molecule has 8 nitrogen and oxygen atoms in total. The number of rotatable bonds is 4. The molecule has 0 saturated carbocycles. The van der Waals surface area contributed by atoms with Crippen LogP contribution in [0.1, 0.15) is 16.1 Å². The van der Waals surface area contributed by atoms with Crippen molar-refractivity contribution in [3.63, 3.8) is 0 Å². The summed E-state index contributed by atoms with van der Waals surface area (Å²) in [7, 11) is 0. The van der Waals surface area contributed by atoms with Crippen LogP contribution in [-0.2, 0) is 4.79 Å². The summed E-state index contributed by atoms with van der Waals surface area (Å²) >= 11 is 11.7. The Morgan fingerprint density at radius 1 is 1.23 bits per heavy atom. The summed E-state index contributed by atoms with van der Waals surface area (Å²) in [6.07, 6.45) is 1.41. The van der Waals surface area contributed by atoms with E-state index in [-0.39, 0.29) is 28.5 Å². The molecule has 0 atom stereocenters. The minimum absolute atomic E-state index is 0.154. The molecule has 1 aliphatic heterocycles. The number of nitrogens with one attached hydrogen (secondary N) is 1. The van der Waals surface area contributed by atoms with Crippen molar-refractivity contribution >= 4 is 40.8 Å². The third kappa shape index (κ3) is 4.51. The van der Waals surface area contributed by atoms with E-state index < -0.39 is 0 Å². The Bertz CT molecular complexity index is 818. The lowest BCUT2D eigenvalue weighted by atomic mass is 10.2. The number of anilines is 1. The molecule has 0 spiro atoms. The second kappa shape index (κ2) is 8.03. The van der Waals surface area contributed by atoms with Crippen molar-refractivity contribution in [1.29, 1.82) is 0 Å². The van der Waals surface area contributed by atoms with Crippen molar-refractivity contribution < 1.29 is 14.1 Å². The van der Waals surface area contributed by atoms with Gasteiger partial charge >= 0.3 is 0 Å². The average molecular weight is 398 g/mol. The van der Waals surface area contributed by atoms with Gasteiger partial charge in [-0.2, -0.15) is 0 Å². The molecule has 3 heterocycles. The van der Waals surface area contributed by atoms with Crippen LogP contribution < -0.4 is 5.32 Å². The number of nitrogens with zero attached hydrogens (tertiary/aromatic N) is 4. The summed E-state index contributed by atoms with van der Waals surface area (Å²) in [5.41, 5.74) is 0.395. The number of carbonyl (C=O) groups excluding carboxylic acids is 2. The van der Waals surface area contributed by atoms with Crippen LogP contribution in [0.5, 0.6) is 0 Å². The van der Waals surface area contributed by atoms with E-state index in [1.165, 1.54) is 12.3 Å². The first kappa shape index (κ1) is 18.6. The Labute approximate surface area is 160 Å². The third-order valence-corrected chi connectivity index (χ3v) is 4.65. The lowest BCUT2D eigenvalue weighted by molar-refractivity contribution is -0.117. The summed E-state index contributed by atoms with van der Waals surface area (Å²) in [5, 5.41) is 6.82. The van der Waals surface area contributed by atoms with Gasteiger partial charge in [0.1, 0.15) is 10.9 Å². The van der Waals surface area contributed by atoms with E-state index in [0.717, 1.165) is 0 Å². The molecule has 0 unspecified atom stereocenters. The zero-order chi connectivity index (χ0) is 18.7. The highest BCUT2D eigenvalue weighted by Crippen LogP contribution is 2.21. The zero-order valence-electron chi connectivity index (χ0n) is 14.0. The Kier molecular flexibility index (Phi) is 5.75. The Hall–Kier alpha value is -2.16. The lowest BCUT2D eigenvalue weighted by Crippen LogP contribution is -2.50. The van der Waals surface area contributed by atoms with Crippen LogP contribution >= 0.6 is 23.2 Å². The number of aromatic nitrogens is 2. The molecule has 1 saturated heterocycles. The summed E-state index contributed by atoms with van der Waals surface area (Å²) < 4.78 is 4.91. The van der Waals surface area contributed by atoms with Gasteiger partial charge in [0, 0.05) is 38.4 Å². The Morgan fingerprint density at radius 3 is 2.58 bits per heavy atom. The van der Waals surface area contributed by atoms with E-state index in [4.69, 9.17) is 27.7 Å². The second-order valence-electron chi connectivity index (χ2n) is 5.94. The van der Waals surface area contributed by atoms with Crippen molar-refractivity contribution in [2.24, 2.45) is 0 Å². The van der Waals surface area contributed by atoms with Crippen LogP contribution in [0.15, 0.2) is 22.9 Å². The van der Waals surface area contributed by atoms with E-state index in [1.807, 2.05) is 4.90 Å². The highest BCUT2D eigenvalue weighted by atomic mass is 35.5. The van der Waals surface area contributed by atoms with E-state index in [1.54, 1.807) is 17.9 Å². The fraction of sp³-hybridized carbons (Fsp3) is 0.375. The fourth-order valence-electron chi connectivity index (χ4n) is 2.64. The van der Waals surface area contributed by atoms with Gasteiger partial charge < -0.3 is 14.7 Å².